The Bertz CT molecular complexity index is 819. The summed E-state index contributed by atoms with van der Waals surface area (Å²) in [6.07, 6.45) is 3.81. The van der Waals surface area contributed by atoms with Crippen molar-refractivity contribution < 1.29 is 12.8 Å². The molecule has 1 saturated heterocycles. The van der Waals surface area contributed by atoms with Crippen molar-refractivity contribution in [2.45, 2.75) is 23.8 Å². The van der Waals surface area contributed by atoms with Crippen LogP contribution in [-0.4, -0.2) is 33.0 Å². The fourth-order valence-electron chi connectivity index (χ4n) is 2.95. The Hall–Kier alpha value is -2.14. The third-order valence-electron chi connectivity index (χ3n) is 4.19. The van der Waals surface area contributed by atoms with E-state index in [4.69, 9.17) is 9.68 Å². The first kappa shape index (κ1) is 16.7. The molecule has 24 heavy (non-hydrogen) atoms. The van der Waals surface area contributed by atoms with Crippen molar-refractivity contribution in [3.63, 3.8) is 0 Å². The molecular weight excluding hydrogens is 326 g/mol. The van der Waals surface area contributed by atoms with Crippen LogP contribution in [0.4, 0.5) is 0 Å². The van der Waals surface area contributed by atoms with Gasteiger partial charge in [0.2, 0.25) is 10.0 Å². The fraction of sp³-hybridized carbons (Fsp3) is 0.353. The van der Waals surface area contributed by atoms with E-state index in [0.717, 1.165) is 31.7 Å². The molecule has 2 aromatic rings. The quantitative estimate of drug-likeness (QED) is 0.868. The van der Waals surface area contributed by atoms with Gasteiger partial charge in [-0.15, -0.1) is 0 Å². The maximum absolute atomic E-state index is 12.5. The number of hydrogen-bond acceptors (Lipinski definition) is 5. The molecule has 1 aromatic carbocycles. The average molecular weight is 345 g/mol. The number of rotatable bonds is 6. The minimum Gasteiger partial charge on any atom is -0.468 e. The number of likely N-dealkylation sites (tertiary alicyclic amines) is 1. The molecule has 0 bridgehead atoms. The number of nitriles is 1. The second kappa shape index (κ2) is 7.18. The topological polar surface area (TPSA) is 86.3 Å². The van der Waals surface area contributed by atoms with Gasteiger partial charge in [0.05, 0.1) is 28.8 Å². The highest BCUT2D eigenvalue weighted by Gasteiger charge is 2.27. The lowest BCUT2D eigenvalue weighted by atomic mass is 10.2. The summed E-state index contributed by atoms with van der Waals surface area (Å²) in [7, 11) is -3.68. The van der Waals surface area contributed by atoms with E-state index in [0.29, 0.717) is 5.56 Å². The van der Waals surface area contributed by atoms with Gasteiger partial charge in [-0.05, 0) is 56.3 Å². The van der Waals surface area contributed by atoms with Crippen LogP contribution < -0.4 is 4.72 Å². The average Bonchev–Trinajstić information content (AvgIpc) is 3.29. The summed E-state index contributed by atoms with van der Waals surface area (Å²) in [6.45, 7) is 2.08. The Morgan fingerprint density at radius 3 is 2.71 bits per heavy atom. The Kier molecular flexibility index (Phi) is 5.00. The first-order valence-electron chi connectivity index (χ1n) is 7.87. The highest BCUT2D eigenvalue weighted by molar-refractivity contribution is 7.89. The van der Waals surface area contributed by atoms with E-state index in [-0.39, 0.29) is 17.5 Å². The summed E-state index contributed by atoms with van der Waals surface area (Å²) in [5.74, 6) is 0.755. The van der Waals surface area contributed by atoms with Gasteiger partial charge >= 0.3 is 0 Å². The molecule has 0 aliphatic carbocycles. The highest BCUT2D eigenvalue weighted by atomic mass is 32.2. The van der Waals surface area contributed by atoms with Crippen LogP contribution in [0.25, 0.3) is 0 Å². The second-order valence-electron chi connectivity index (χ2n) is 5.77. The van der Waals surface area contributed by atoms with Crippen LogP contribution in [0.3, 0.4) is 0 Å². The molecule has 7 heteroatoms. The molecule has 0 saturated carbocycles. The smallest absolute Gasteiger partial charge is 0.240 e. The fourth-order valence-corrected chi connectivity index (χ4v) is 4.03. The lowest BCUT2D eigenvalue weighted by molar-refractivity contribution is 0.216. The summed E-state index contributed by atoms with van der Waals surface area (Å²) < 4.78 is 33.2. The SMILES string of the molecule is N#Cc1cccc(S(=O)(=O)NC[C@@H](c2ccco2)N2CCCC2)c1. The van der Waals surface area contributed by atoms with Crippen LogP contribution in [0.15, 0.2) is 52.0 Å². The molecule has 0 amide bonds. The van der Waals surface area contributed by atoms with Crippen molar-refractivity contribution >= 4 is 10.0 Å². The molecule has 6 nitrogen and oxygen atoms in total. The summed E-state index contributed by atoms with van der Waals surface area (Å²) in [5.41, 5.74) is 0.319. The van der Waals surface area contributed by atoms with E-state index in [1.165, 1.54) is 12.1 Å². The van der Waals surface area contributed by atoms with Crippen molar-refractivity contribution in [2.75, 3.05) is 19.6 Å². The molecule has 0 unspecified atom stereocenters. The van der Waals surface area contributed by atoms with Crippen molar-refractivity contribution in [1.82, 2.24) is 9.62 Å². The van der Waals surface area contributed by atoms with Crippen molar-refractivity contribution in [1.29, 1.82) is 5.26 Å². The molecule has 1 N–H and O–H groups in total. The largest absolute Gasteiger partial charge is 0.468 e. The van der Waals surface area contributed by atoms with E-state index in [1.54, 1.807) is 18.4 Å². The van der Waals surface area contributed by atoms with Crippen molar-refractivity contribution in [3.05, 3.63) is 54.0 Å². The Morgan fingerprint density at radius 2 is 2.04 bits per heavy atom. The first-order chi connectivity index (χ1) is 11.6. The maximum atomic E-state index is 12.5. The van der Waals surface area contributed by atoms with Crippen LogP contribution in [-0.2, 0) is 10.0 Å². The molecule has 1 aliphatic rings. The summed E-state index contributed by atoms with van der Waals surface area (Å²) in [5, 5.41) is 8.93. The third kappa shape index (κ3) is 3.67. The standard InChI is InChI=1S/C17H19N3O3S/c18-12-14-5-3-6-15(11-14)24(21,22)19-13-16(17-7-4-10-23-17)20-8-1-2-9-20/h3-7,10-11,16,19H,1-2,8-9,13H2/t16-/m0/s1. The minimum atomic E-state index is -3.68. The van der Waals surface area contributed by atoms with Gasteiger partial charge in [0, 0.05) is 6.54 Å². The zero-order valence-corrected chi connectivity index (χ0v) is 14.0. The Morgan fingerprint density at radius 1 is 1.25 bits per heavy atom. The third-order valence-corrected chi connectivity index (χ3v) is 5.61. The van der Waals surface area contributed by atoms with Crippen LogP contribution in [0.5, 0.6) is 0 Å². The molecule has 1 aliphatic heterocycles. The van der Waals surface area contributed by atoms with Crippen LogP contribution in [0.2, 0.25) is 0 Å². The van der Waals surface area contributed by atoms with Crippen molar-refractivity contribution in [3.8, 4) is 6.07 Å². The maximum Gasteiger partial charge on any atom is 0.240 e. The zero-order chi connectivity index (χ0) is 17.0. The second-order valence-corrected chi connectivity index (χ2v) is 7.53. The number of furan rings is 1. The van der Waals surface area contributed by atoms with Crippen LogP contribution in [0.1, 0.15) is 30.2 Å². The van der Waals surface area contributed by atoms with Gasteiger partial charge in [-0.1, -0.05) is 6.07 Å². The normalized spacial score (nSPS) is 16.8. The number of nitrogens with one attached hydrogen (secondary N) is 1. The Balaban J connectivity index is 1.77. The molecule has 1 atom stereocenters. The molecule has 3 rings (SSSR count). The van der Waals surface area contributed by atoms with Gasteiger partial charge in [0.1, 0.15) is 5.76 Å². The summed E-state index contributed by atoms with van der Waals surface area (Å²) in [6, 6.07) is 11.5. The molecular formula is C17H19N3O3S. The monoisotopic (exact) mass is 345 g/mol. The zero-order valence-electron chi connectivity index (χ0n) is 13.2. The number of nitrogens with zero attached hydrogens (tertiary/aromatic N) is 2. The lowest BCUT2D eigenvalue weighted by Crippen LogP contribution is -2.36. The summed E-state index contributed by atoms with van der Waals surface area (Å²) in [4.78, 5) is 2.33. The predicted molar refractivity (Wildman–Crippen MR) is 88.6 cm³/mol. The molecule has 1 fully saturated rings. The molecule has 126 valence electrons. The number of benzene rings is 1. The van der Waals surface area contributed by atoms with Gasteiger partial charge < -0.3 is 4.42 Å². The summed E-state index contributed by atoms with van der Waals surface area (Å²) >= 11 is 0. The van der Waals surface area contributed by atoms with Gasteiger partial charge in [0.15, 0.2) is 0 Å². The van der Waals surface area contributed by atoms with E-state index in [9.17, 15) is 8.42 Å². The predicted octanol–water partition coefficient (Wildman–Crippen LogP) is 2.27. The molecule has 0 spiro atoms. The van der Waals surface area contributed by atoms with Gasteiger partial charge in [-0.25, -0.2) is 13.1 Å². The van der Waals surface area contributed by atoms with Gasteiger partial charge in [-0.3, -0.25) is 4.90 Å². The number of sulfonamides is 1. The van der Waals surface area contributed by atoms with Crippen LogP contribution in [0, 0.1) is 11.3 Å². The van der Waals surface area contributed by atoms with E-state index >= 15 is 0 Å². The molecule has 0 radical (unpaired) electrons. The number of hydrogen-bond donors (Lipinski definition) is 1. The Labute approximate surface area is 141 Å². The molecule has 2 heterocycles. The molecule has 1 aromatic heterocycles. The van der Waals surface area contributed by atoms with E-state index in [2.05, 4.69) is 9.62 Å². The first-order valence-corrected chi connectivity index (χ1v) is 9.36. The van der Waals surface area contributed by atoms with Crippen LogP contribution >= 0.6 is 0 Å². The van der Waals surface area contributed by atoms with Crippen molar-refractivity contribution in [2.24, 2.45) is 0 Å². The lowest BCUT2D eigenvalue weighted by Gasteiger charge is -2.25. The highest BCUT2D eigenvalue weighted by Crippen LogP contribution is 2.25. The van der Waals surface area contributed by atoms with Gasteiger partial charge in [-0.2, -0.15) is 5.26 Å². The van der Waals surface area contributed by atoms with Gasteiger partial charge in [0.25, 0.3) is 0 Å². The van der Waals surface area contributed by atoms with E-state index < -0.39 is 10.0 Å². The van der Waals surface area contributed by atoms with E-state index in [1.807, 2.05) is 18.2 Å². The minimum absolute atomic E-state index is 0.0983.